The van der Waals surface area contributed by atoms with Crippen molar-refractivity contribution in [3.63, 3.8) is 0 Å². The molecule has 0 aliphatic carbocycles. The molecule has 3 rings (SSSR count). The van der Waals surface area contributed by atoms with Crippen molar-refractivity contribution in [3.8, 4) is 17.0 Å². The summed E-state index contributed by atoms with van der Waals surface area (Å²) in [5.41, 5.74) is 3.30. The van der Waals surface area contributed by atoms with Gasteiger partial charge in [0.05, 0.1) is 23.5 Å². The maximum atomic E-state index is 12.5. The number of hydrogen-bond donors (Lipinski definition) is 1. The van der Waals surface area contributed by atoms with Crippen LogP contribution in [0.4, 0.5) is 5.69 Å². The largest absolute Gasteiger partial charge is 0.495 e. The van der Waals surface area contributed by atoms with Crippen molar-refractivity contribution in [2.75, 3.05) is 12.4 Å². The van der Waals surface area contributed by atoms with Crippen molar-refractivity contribution < 1.29 is 9.53 Å². The Morgan fingerprint density at radius 2 is 1.88 bits per heavy atom. The fourth-order valence-corrected chi connectivity index (χ4v) is 3.55. The summed E-state index contributed by atoms with van der Waals surface area (Å²) >= 11 is 1.72. The number of nitrogens with zero attached hydrogens (tertiary/aromatic N) is 1. The van der Waals surface area contributed by atoms with E-state index >= 15 is 0 Å². The first kappa shape index (κ1) is 17.2. The maximum absolute atomic E-state index is 12.5. The molecule has 5 heteroatoms. The van der Waals surface area contributed by atoms with Gasteiger partial charge in [-0.05, 0) is 37.6 Å². The van der Waals surface area contributed by atoms with Crippen LogP contribution >= 0.6 is 11.3 Å². The predicted octanol–water partition coefficient (Wildman–Crippen LogP) is 4.94. The van der Waals surface area contributed by atoms with Crippen molar-refractivity contribution >= 4 is 22.9 Å². The number of hydrogen-bond acceptors (Lipinski definition) is 4. The molecular weight excluding hydrogens is 332 g/mol. The summed E-state index contributed by atoms with van der Waals surface area (Å²) in [6.45, 7) is 4.15. The quantitative estimate of drug-likeness (QED) is 0.707. The van der Waals surface area contributed by atoms with Gasteiger partial charge < -0.3 is 10.1 Å². The van der Waals surface area contributed by atoms with E-state index in [0.717, 1.165) is 22.7 Å². The van der Waals surface area contributed by atoms with E-state index in [1.165, 1.54) is 4.88 Å². The molecular formula is C20H20N2O2S. The van der Waals surface area contributed by atoms with Crippen molar-refractivity contribution in [2.24, 2.45) is 0 Å². The lowest BCUT2D eigenvalue weighted by Gasteiger charge is -2.10. The molecule has 1 N–H and O–H groups in total. The molecule has 3 aromatic rings. The summed E-state index contributed by atoms with van der Waals surface area (Å²) < 4.78 is 5.27. The Kier molecular flexibility index (Phi) is 5.14. The number of para-hydroxylation sites is 2. The summed E-state index contributed by atoms with van der Waals surface area (Å²) in [5, 5.41) is 3.95. The molecule has 4 nitrogen and oxygen atoms in total. The lowest BCUT2D eigenvalue weighted by molar-refractivity contribution is 0.102. The monoisotopic (exact) mass is 352 g/mol. The van der Waals surface area contributed by atoms with Crippen LogP contribution in [0.25, 0.3) is 11.3 Å². The second kappa shape index (κ2) is 7.49. The summed E-state index contributed by atoms with van der Waals surface area (Å²) in [7, 11) is 1.58. The Bertz CT molecular complexity index is 885. The molecule has 0 saturated heterocycles. The smallest absolute Gasteiger partial charge is 0.255 e. The van der Waals surface area contributed by atoms with Gasteiger partial charge in [0.1, 0.15) is 5.75 Å². The van der Waals surface area contributed by atoms with Crippen LogP contribution in [0, 0.1) is 6.92 Å². The molecule has 0 atom stereocenters. The average molecular weight is 352 g/mol. The first-order valence-corrected chi connectivity index (χ1v) is 8.95. The topological polar surface area (TPSA) is 51.2 Å². The zero-order valence-corrected chi connectivity index (χ0v) is 15.3. The molecule has 128 valence electrons. The molecule has 0 bridgehead atoms. The van der Waals surface area contributed by atoms with Gasteiger partial charge in [-0.25, -0.2) is 4.98 Å². The first-order valence-electron chi connectivity index (χ1n) is 8.13. The van der Waals surface area contributed by atoms with Crippen LogP contribution in [0.1, 0.15) is 27.2 Å². The molecule has 1 aromatic heterocycles. The fourth-order valence-electron chi connectivity index (χ4n) is 2.66. The Morgan fingerprint density at radius 1 is 1.16 bits per heavy atom. The maximum Gasteiger partial charge on any atom is 0.255 e. The van der Waals surface area contributed by atoms with E-state index in [4.69, 9.17) is 4.74 Å². The lowest BCUT2D eigenvalue weighted by atomic mass is 10.1. The number of carbonyl (C=O) groups is 1. The van der Waals surface area contributed by atoms with Gasteiger partial charge in [-0.15, -0.1) is 11.3 Å². The van der Waals surface area contributed by atoms with Gasteiger partial charge in [0.25, 0.3) is 5.91 Å². The first-order chi connectivity index (χ1) is 12.1. The predicted molar refractivity (Wildman–Crippen MR) is 103 cm³/mol. The van der Waals surface area contributed by atoms with E-state index < -0.39 is 0 Å². The molecule has 0 aliphatic heterocycles. The lowest BCUT2D eigenvalue weighted by Crippen LogP contribution is -2.12. The third-order valence-electron chi connectivity index (χ3n) is 3.90. The number of aromatic nitrogens is 1. The number of nitrogens with one attached hydrogen (secondary N) is 1. The van der Waals surface area contributed by atoms with Gasteiger partial charge in [0.2, 0.25) is 0 Å². The number of aryl methyl sites for hydroxylation is 2. The number of rotatable bonds is 5. The molecule has 0 fully saturated rings. The van der Waals surface area contributed by atoms with Crippen LogP contribution < -0.4 is 10.1 Å². The number of thiazole rings is 1. The zero-order valence-electron chi connectivity index (χ0n) is 14.5. The summed E-state index contributed by atoms with van der Waals surface area (Å²) in [6, 6.07) is 14.9. The van der Waals surface area contributed by atoms with Crippen molar-refractivity contribution in [2.45, 2.75) is 20.3 Å². The molecule has 0 aliphatic rings. The highest BCUT2D eigenvalue weighted by Crippen LogP contribution is 2.29. The summed E-state index contributed by atoms with van der Waals surface area (Å²) in [4.78, 5) is 18.4. The Balaban J connectivity index is 1.81. The van der Waals surface area contributed by atoms with Crippen LogP contribution in [0.5, 0.6) is 5.75 Å². The van der Waals surface area contributed by atoms with E-state index in [-0.39, 0.29) is 5.91 Å². The molecule has 1 heterocycles. The molecule has 2 aromatic carbocycles. The molecule has 0 saturated carbocycles. The second-order valence-corrected chi connectivity index (χ2v) is 6.88. The third-order valence-corrected chi connectivity index (χ3v) is 5.02. The third kappa shape index (κ3) is 3.72. The van der Waals surface area contributed by atoms with E-state index in [1.54, 1.807) is 18.4 Å². The average Bonchev–Trinajstić information content (AvgIpc) is 3.03. The molecule has 0 radical (unpaired) electrons. The highest BCUT2D eigenvalue weighted by molar-refractivity contribution is 7.12. The Morgan fingerprint density at radius 3 is 2.56 bits per heavy atom. The fraction of sp³-hybridized carbons (Fsp3) is 0.200. The van der Waals surface area contributed by atoms with Gasteiger partial charge in [0.15, 0.2) is 0 Å². The van der Waals surface area contributed by atoms with Gasteiger partial charge in [-0.2, -0.15) is 0 Å². The van der Waals surface area contributed by atoms with Crippen LogP contribution in [0.2, 0.25) is 0 Å². The molecule has 25 heavy (non-hydrogen) atoms. The van der Waals surface area contributed by atoms with Crippen LogP contribution in [-0.2, 0) is 6.42 Å². The highest BCUT2D eigenvalue weighted by Gasteiger charge is 2.12. The van der Waals surface area contributed by atoms with Gasteiger partial charge in [-0.1, -0.05) is 31.2 Å². The number of carbonyl (C=O) groups excluding carboxylic acids is 1. The van der Waals surface area contributed by atoms with E-state index in [1.807, 2.05) is 55.5 Å². The number of amides is 1. The summed E-state index contributed by atoms with van der Waals surface area (Å²) in [6.07, 6.45) is 0.955. The van der Waals surface area contributed by atoms with Gasteiger partial charge in [0, 0.05) is 16.0 Å². The minimum absolute atomic E-state index is 0.166. The zero-order chi connectivity index (χ0) is 17.8. The Hall–Kier alpha value is -2.66. The van der Waals surface area contributed by atoms with Crippen LogP contribution in [-0.4, -0.2) is 18.0 Å². The van der Waals surface area contributed by atoms with Gasteiger partial charge >= 0.3 is 0 Å². The van der Waals surface area contributed by atoms with Crippen molar-refractivity contribution in [1.82, 2.24) is 4.98 Å². The van der Waals surface area contributed by atoms with Crippen LogP contribution in [0.3, 0.4) is 0 Å². The SMILES string of the molecule is CCc1sc(C)nc1-c1ccc(C(=O)Nc2ccccc2OC)cc1. The van der Waals surface area contributed by atoms with E-state index in [9.17, 15) is 4.79 Å². The normalized spacial score (nSPS) is 10.5. The molecule has 0 spiro atoms. The number of methoxy groups -OCH3 is 1. The van der Waals surface area contributed by atoms with Gasteiger partial charge in [-0.3, -0.25) is 4.79 Å². The van der Waals surface area contributed by atoms with Crippen molar-refractivity contribution in [1.29, 1.82) is 0 Å². The second-order valence-electron chi connectivity index (χ2n) is 5.59. The minimum Gasteiger partial charge on any atom is -0.495 e. The van der Waals surface area contributed by atoms with E-state index in [2.05, 4.69) is 17.2 Å². The standard InChI is InChI=1S/C20H20N2O2S/c1-4-18-19(21-13(2)25-18)14-9-11-15(12-10-14)20(23)22-16-7-5-6-8-17(16)24-3/h5-12H,4H2,1-3H3,(H,22,23). The Labute approximate surface area is 151 Å². The number of anilines is 1. The van der Waals surface area contributed by atoms with Crippen LogP contribution in [0.15, 0.2) is 48.5 Å². The molecule has 1 amide bonds. The highest BCUT2D eigenvalue weighted by atomic mass is 32.1. The van der Waals surface area contributed by atoms with E-state index in [0.29, 0.717) is 17.0 Å². The number of benzene rings is 2. The summed E-state index contributed by atoms with van der Waals surface area (Å²) in [5.74, 6) is 0.472. The van der Waals surface area contributed by atoms with Crippen molar-refractivity contribution in [3.05, 3.63) is 64.0 Å². The number of ether oxygens (including phenoxy) is 1. The minimum atomic E-state index is -0.166. The molecule has 0 unspecified atom stereocenters.